The molecule has 0 fully saturated rings. The minimum atomic E-state index is -4.06. The second-order valence-corrected chi connectivity index (χ2v) is 9.09. The van der Waals surface area contributed by atoms with Gasteiger partial charge in [0.1, 0.15) is 11.5 Å². The standard InChI is InChI=1S/C20H24Cl2N2O5S/c1-5-6-12(2)23-20(25)14-9-13(7-8-15(14)21)30(26,27)24-17-10-16(22)18(28-3)11-19(17)29-4/h7-12,24H,5-6H2,1-4H3,(H,23,25). The van der Waals surface area contributed by atoms with Crippen molar-refractivity contribution in [2.45, 2.75) is 37.6 Å². The molecule has 2 N–H and O–H groups in total. The van der Waals surface area contributed by atoms with Crippen LogP contribution in [0.25, 0.3) is 0 Å². The fourth-order valence-corrected chi connectivity index (χ4v) is 4.33. The number of hydrogen-bond donors (Lipinski definition) is 2. The molecule has 0 heterocycles. The number of methoxy groups -OCH3 is 2. The molecular formula is C20H24Cl2N2O5S. The van der Waals surface area contributed by atoms with E-state index in [4.69, 9.17) is 32.7 Å². The van der Waals surface area contributed by atoms with E-state index in [0.717, 1.165) is 12.8 Å². The molecule has 0 aliphatic heterocycles. The van der Waals surface area contributed by atoms with E-state index in [2.05, 4.69) is 10.0 Å². The van der Waals surface area contributed by atoms with Crippen LogP contribution in [0.2, 0.25) is 10.0 Å². The molecule has 0 radical (unpaired) electrons. The summed E-state index contributed by atoms with van der Waals surface area (Å²) in [5, 5.41) is 3.17. The Balaban J connectivity index is 2.37. The average molecular weight is 475 g/mol. The highest BCUT2D eigenvalue weighted by Gasteiger charge is 2.22. The Hall–Kier alpha value is -2.16. The van der Waals surface area contributed by atoms with Gasteiger partial charge in [-0.2, -0.15) is 0 Å². The van der Waals surface area contributed by atoms with Gasteiger partial charge in [-0.25, -0.2) is 8.42 Å². The van der Waals surface area contributed by atoms with Crippen LogP contribution in [0.1, 0.15) is 37.0 Å². The molecule has 0 aliphatic carbocycles. The number of sulfonamides is 1. The summed E-state index contributed by atoms with van der Waals surface area (Å²) in [6.07, 6.45) is 1.70. The number of anilines is 1. The van der Waals surface area contributed by atoms with Crippen molar-refractivity contribution in [2.75, 3.05) is 18.9 Å². The first-order valence-electron chi connectivity index (χ1n) is 9.17. The van der Waals surface area contributed by atoms with Crippen LogP contribution in [0.3, 0.4) is 0 Å². The highest BCUT2D eigenvalue weighted by Crippen LogP contribution is 2.37. The van der Waals surface area contributed by atoms with Crippen molar-refractivity contribution in [3.8, 4) is 11.5 Å². The summed E-state index contributed by atoms with van der Waals surface area (Å²) in [5.41, 5.74) is 0.197. The van der Waals surface area contributed by atoms with E-state index >= 15 is 0 Å². The lowest BCUT2D eigenvalue weighted by Crippen LogP contribution is -2.32. The summed E-state index contributed by atoms with van der Waals surface area (Å²) >= 11 is 12.2. The van der Waals surface area contributed by atoms with Crippen LogP contribution in [-0.4, -0.2) is 34.6 Å². The maximum atomic E-state index is 12.9. The number of benzene rings is 2. The maximum Gasteiger partial charge on any atom is 0.262 e. The lowest BCUT2D eigenvalue weighted by atomic mass is 10.1. The van der Waals surface area contributed by atoms with Gasteiger partial charge < -0.3 is 14.8 Å². The van der Waals surface area contributed by atoms with E-state index in [1.807, 2.05) is 13.8 Å². The normalized spacial score (nSPS) is 12.2. The first-order chi connectivity index (χ1) is 14.1. The first kappa shape index (κ1) is 24.1. The molecule has 1 unspecified atom stereocenters. The van der Waals surface area contributed by atoms with Crippen LogP contribution in [-0.2, 0) is 10.0 Å². The Morgan fingerprint density at radius 2 is 1.73 bits per heavy atom. The number of rotatable bonds is 9. The molecule has 30 heavy (non-hydrogen) atoms. The van der Waals surface area contributed by atoms with Crippen molar-refractivity contribution in [3.63, 3.8) is 0 Å². The number of ether oxygens (including phenoxy) is 2. The Morgan fingerprint density at radius 1 is 1.07 bits per heavy atom. The van der Waals surface area contributed by atoms with Crippen molar-refractivity contribution in [3.05, 3.63) is 45.9 Å². The van der Waals surface area contributed by atoms with Crippen LogP contribution >= 0.6 is 23.2 Å². The number of carbonyl (C=O) groups is 1. The molecule has 0 saturated heterocycles. The molecule has 0 bridgehead atoms. The highest BCUT2D eigenvalue weighted by molar-refractivity contribution is 7.92. The molecule has 2 rings (SSSR count). The van der Waals surface area contributed by atoms with Crippen molar-refractivity contribution >= 4 is 44.8 Å². The van der Waals surface area contributed by atoms with E-state index < -0.39 is 15.9 Å². The molecule has 2 aromatic carbocycles. The van der Waals surface area contributed by atoms with Gasteiger partial charge in [0.05, 0.1) is 40.4 Å². The second kappa shape index (κ2) is 10.2. The summed E-state index contributed by atoms with van der Waals surface area (Å²) < 4.78 is 38.6. The van der Waals surface area contributed by atoms with Gasteiger partial charge in [0.2, 0.25) is 0 Å². The molecule has 0 aliphatic rings. The average Bonchev–Trinajstić information content (AvgIpc) is 2.68. The molecule has 164 valence electrons. The molecule has 0 saturated carbocycles. The summed E-state index contributed by atoms with van der Waals surface area (Å²) in [6, 6.07) is 6.70. The Kier molecular flexibility index (Phi) is 8.23. The first-order valence-corrected chi connectivity index (χ1v) is 11.4. The maximum absolute atomic E-state index is 12.9. The van der Waals surface area contributed by atoms with Gasteiger partial charge in [0.15, 0.2) is 0 Å². The van der Waals surface area contributed by atoms with Gasteiger partial charge in [-0.15, -0.1) is 0 Å². The van der Waals surface area contributed by atoms with Crippen molar-refractivity contribution < 1.29 is 22.7 Å². The number of nitrogens with one attached hydrogen (secondary N) is 2. The van der Waals surface area contributed by atoms with Crippen molar-refractivity contribution in [1.82, 2.24) is 5.32 Å². The van der Waals surface area contributed by atoms with Crippen LogP contribution in [0.15, 0.2) is 35.2 Å². The zero-order chi connectivity index (χ0) is 22.5. The molecular weight excluding hydrogens is 451 g/mol. The van der Waals surface area contributed by atoms with Crippen LogP contribution < -0.4 is 19.5 Å². The monoisotopic (exact) mass is 474 g/mol. The molecule has 2 aromatic rings. The Bertz CT molecular complexity index is 1030. The third kappa shape index (κ3) is 5.71. The number of hydrogen-bond acceptors (Lipinski definition) is 5. The third-order valence-corrected chi connectivity index (χ3v) is 6.30. The zero-order valence-corrected chi connectivity index (χ0v) is 19.4. The molecule has 10 heteroatoms. The number of carbonyl (C=O) groups excluding carboxylic acids is 1. The van der Waals surface area contributed by atoms with Gasteiger partial charge in [-0.1, -0.05) is 36.5 Å². The van der Waals surface area contributed by atoms with E-state index in [0.29, 0.717) is 5.75 Å². The minimum absolute atomic E-state index is 0.0670. The molecule has 0 spiro atoms. The van der Waals surface area contributed by atoms with Crippen LogP contribution in [0, 0.1) is 0 Å². The van der Waals surface area contributed by atoms with Gasteiger partial charge in [0.25, 0.3) is 15.9 Å². The van der Waals surface area contributed by atoms with Crippen molar-refractivity contribution in [1.29, 1.82) is 0 Å². The summed E-state index contributed by atoms with van der Waals surface area (Å²) in [5.74, 6) is 0.117. The number of halogens is 2. The summed E-state index contributed by atoms with van der Waals surface area (Å²) in [6.45, 7) is 3.88. The fraction of sp³-hybridized carbons (Fsp3) is 0.350. The van der Waals surface area contributed by atoms with Gasteiger partial charge >= 0.3 is 0 Å². The zero-order valence-electron chi connectivity index (χ0n) is 17.1. The quantitative estimate of drug-likeness (QED) is 0.547. The van der Waals surface area contributed by atoms with E-state index in [1.165, 1.54) is 44.6 Å². The molecule has 0 aromatic heterocycles. The number of amides is 1. The van der Waals surface area contributed by atoms with E-state index in [9.17, 15) is 13.2 Å². The third-order valence-electron chi connectivity index (χ3n) is 4.31. The predicted molar refractivity (Wildman–Crippen MR) is 119 cm³/mol. The Labute approximate surface area is 186 Å². The topological polar surface area (TPSA) is 93.7 Å². The molecule has 1 atom stereocenters. The van der Waals surface area contributed by atoms with Crippen LogP contribution in [0.5, 0.6) is 11.5 Å². The molecule has 7 nitrogen and oxygen atoms in total. The Morgan fingerprint density at radius 3 is 2.33 bits per heavy atom. The van der Waals surface area contributed by atoms with Gasteiger partial charge in [0, 0.05) is 12.1 Å². The minimum Gasteiger partial charge on any atom is -0.495 e. The highest BCUT2D eigenvalue weighted by atomic mass is 35.5. The summed E-state index contributed by atoms with van der Waals surface area (Å²) in [4.78, 5) is 12.4. The lowest BCUT2D eigenvalue weighted by Gasteiger charge is -2.16. The largest absolute Gasteiger partial charge is 0.495 e. The second-order valence-electron chi connectivity index (χ2n) is 6.60. The van der Waals surface area contributed by atoms with Crippen molar-refractivity contribution in [2.24, 2.45) is 0 Å². The predicted octanol–water partition coefficient (Wildman–Crippen LogP) is 4.73. The SMILES string of the molecule is CCCC(C)NC(=O)c1cc(S(=O)(=O)Nc2cc(Cl)c(OC)cc2OC)ccc1Cl. The van der Waals surface area contributed by atoms with Gasteiger partial charge in [-0.05, 0) is 37.6 Å². The van der Waals surface area contributed by atoms with E-state index in [-0.39, 0.29) is 38.0 Å². The van der Waals surface area contributed by atoms with Gasteiger partial charge in [-0.3, -0.25) is 9.52 Å². The lowest BCUT2D eigenvalue weighted by molar-refractivity contribution is 0.0938. The van der Waals surface area contributed by atoms with E-state index in [1.54, 1.807) is 0 Å². The summed E-state index contributed by atoms with van der Waals surface area (Å²) in [7, 11) is -1.23. The fourth-order valence-electron chi connectivity index (χ4n) is 2.80. The molecule has 1 amide bonds. The van der Waals surface area contributed by atoms with Crippen LogP contribution in [0.4, 0.5) is 5.69 Å². The smallest absolute Gasteiger partial charge is 0.262 e.